The van der Waals surface area contributed by atoms with Crippen molar-refractivity contribution in [2.45, 2.75) is 57.9 Å². The minimum Gasteiger partial charge on any atom is -0.444 e. The maximum absolute atomic E-state index is 13.1. The molecule has 0 bridgehead atoms. The van der Waals surface area contributed by atoms with E-state index in [-0.39, 0.29) is 0 Å². The summed E-state index contributed by atoms with van der Waals surface area (Å²) in [5.41, 5.74) is -0.178. The van der Waals surface area contributed by atoms with E-state index >= 15 is 0 Å². The number of carbonyl (C=O) groups is 1. The van der Waals surface area contributed by atoms with Gasteiger partial charge in [-0.2, -0.15) is 0 Å². The number of thiophene rings is 1. The predicted molar refractivity (Wildman–Crippen MR) is 142 cm³/mol. The van der Waals surface area contributed by atoms with Gasteiger partial charge < -0.3 is 4.74 Å². The third kappa shape index (κ3) is 6.76. The summed E-state index contributed by atoms with van der Waals surface area (Å²) < 4.78 is 23.1. The Morgan fingerprint density at radius 3 is 2.48 bits per heavy atom. The van der Waals surface area contributed by atoms with E-state index in [0.717, 1.165) is 19.4 Å². The summed E-state index contributed by atoms with van der Waals surface area (Å²) >= 11 is 11.7. The van der Waals surface area contributed by atoms with Crippen LogP contribution in [0.4, 0.5) is 10.6 Å². The zero-order chi connectivity index (χ0) is 24.6. The summed E-state index contributed by atoms with van der Waals surface area (Å²) in [7, 11) is -1.40. The van der Waals surface area contributed by atoms with Gasteiger partial charge in [0.2, 0.25) is 0 Å². The number of fused-ring (bicyclic) bond motifs is 1. The van der Waals surface area contributed by atoms with Crippen molar-refractivity contribution in [2.75, 3.05) is 5.32 Å². The van der Waals surface area contributed by atoms with Crippen LogP contribution >= 0.6 is 38.9 Å². The number of nitrogens with zero attached hydrogens (tertiary/aromatic N) is 1. The summed E-state index contributed by atoms with van der Waals surface area (Å²) in [5, 5.41) is 4.10. The number of hydrogen-bond acceptors (Lipinski definition) is 5. The van der Waals surface area contributed by atoms with E-state index in [9.17, 15) is 9.00 Å². The van der Waals surface area contributed by atoms with Crippen LogP contribution in [0, 0.1) is 0 Å². The van der Waals surface area contributed by atoms with Crippen LogP contribution in [-0.2, 0) is 15.7 Å². The molecule has 6 nitrogen and oxygen atoms in total. The Labute approximate surface area is 214 Å². The highest BCUT2D eigenvalue weighted by Gasteiger charge is 2.29. The molecular formula is C23H27BrClN3O3S2. The number of anilines is 1. The largest absolute Gasteiger partial charge is 0.444 e. The molecule has 2 atom stereocenters. The number of ether oxygens (including phenoxy) is 1. The Kier molecular flexibility index (Phi) is 7.90. The summed E-state index contributed by atoms with van der Waals surface area (Å²) in [4.78, 5) is 17.8. The fraction of sp³-hybridized carbons (Fsp3) is 0.391. The molecule has 33 heavy (non-hydrogen) atoms. The van der Waals surface area contributed by atoms with Gasteiger partial charge in [-0.3, -0.25) is 5.32 Å². The van der Waals surface area contributed by atoms with Gasteiger partial charge in [-0.15, -0.1) is 11.3 Å². The second kappa shape index (κ2) is 10.00. The second-order valence-corrected chi connectivity index (χ2v) is 13.8. The highest BCUT2D eigenvalue weighted by Crippen LogP contribution is 2.39. The number of hydrogen-bond donors (Lipinski definition) is 2. The smallest absolute Gasteiger partial charge is 0.413 e. The van der Waals surface area contributed by atoms with Crippen molar-refractivity contribution in [3.63, 3.8) is 0 Å². The normalized spacial score (nSPS) is 14.2. The third-order valence-corrected chi connectivity index (χ3v) is 8.41. The summed E-state index contributed by atoms with van der Waals surface area (Å²) in [5.74, 6) is 0.291. The summed E-state index contributed by atoms with van der Waals surface area (Å²) in [6.07, 6.45) is -0.614. The van der Waals surface area contributed by atoms with Crippen molar-refractivity contribution in [3.8, 4) is 0 Å². The van der Waals surface area contributed by atoms with Crippen molar-refractivity contribution in [3.05, 3.63) is 56.5 Å². The molecule has 2 unspecified atom stereocenters. The van der Waals surface area contributed by atoms with Crippen LogP contribution in [0.3, 0.4) is 0 Å². The number of carbonyl (C=O) groups excluding carboxylic acids is 1. The Morgan fingerprint density at radius 2 is 1.88 bits per heavy atom. The van der Waals surface area contributed by atoms with E-state index in [2.05, 4.69) is 31.0 Å². The average Bonchev–Trinajstić information content (AvgIpc) is 3.11. The number of halogens is 2. The first kappa shape index (κ1) is 26.1. The highest BCUT2D eigenvalue weighted by atomic mass is 79.9. The monoisotopic (exact) mass is 571 g/mol. The van der Waals surface area contributed by atoms with Gasteiger partial charge >= 0.3 is 6.09 Å². The minimum absolute atomic E-state index is 0.291. The van der Waals surface area contributed by atoms with E-state index in [1.807, 2.05) is 45.0 Å². The lowest BCUT2D eigenvalue weighted by Gasteiger charge is -2.24. The topological polar surface area (TPSA) is 80.3 Å². The van der Waals surface area contributed by atoms with Gasteiger partial charge in [0.05, 0.1) is 32.5 Å². The van der Waals surface area contributed by atoms with Crippen LogP contribution in [0.1, 0.15) is 58.2 Å². The molecule has 0 fully saturated rings. The number of rotatable bonds is 5. The zero-order valence-corrected chi connectivity index (χ0v) is 23.3. The molecule has 3 aromatic rings. The lowest BCUT2D eigenvalue weighted by molar-refractivity contribution is 0.0635. The predicted octanol–water partition coefficient (Wildman–Crippen LogP) is 7.20. The van der Waals surface area contributed by atoms with Gasteiger partial charge in [0.15, 0.2) is 0 Å². The van der Waals surface area contributed by atoms with E-state index in [4.69, 9.17) is 16.3 Å². The van der Waals surface area contributed by atoms with Crippen LogP contribution < -0.4 is 10.0 Å². The van der Waals surface area contributed by atoms with Crippen molar-refractivity contribution in [2.24, 2.45) is 0 Å². The lowest BCUT2D eigenvalue weighted by atomic mass is 10.1. The van der Waals surface area contributed by atoms with Crippen LogP contribution in [0.5, 0.6) is 0 Å². The van der Waals surface area contributed by atoms with Crippen molar-refractivity contribution in [1.29, 1.82) is 0 Å². The van der Waals surface area contributed by atoms with Gasteiger partial charge in [-0.1, -0.05) is 23.7 Å². The maximum atomic E-state index is 13.1. The van der Waals surface area contributed by atoms with E-state index in [1.54, 1.807) is 44.2 Å². The van der Waals surface area contributed by atoms with Crippen LogP contribution in [0.15, 0.2) is 40.9 Å². The summed E-state index contributed by atoms with van der Waals surface area (Å²) in [6.45, 7) is 11.0. The quantitative estimate of drug-likeness (QED) is 0.339. The molecule has 178 valence electrons. The molecule has 2 aromatic heterocycles. The average molecular weight is 573 g/mol. The van der Waals surface area contributed by atoms with E-state index < -0.39 is 33.5 Å². The van der Waals surface area contributed by atoms with E-state index in [0.29, 0.717) is 16.5 Å². The fourth-order valence-corrected chi connectivity index (χ4v) is 5.70. The first-order valence-corrected chi connectivity index (χ1v) is 13.4. The molecule has 0 spiro atoms. The number of amides is 1. The van der Waals surface area contributed by atoms with Crippen molar-refractivity contribution in [1.82, 2.24) is 9.71 Å². The van der Waals surface area contributed by atoms with Crippen LogP contribution in [0.25, 0.3) is 10.1 Å². The molecule has 2 N–H and O–H groups in total. The molecule has 10 heteroatoms. The first-order valence-electron chi connectivity index (χ1n) is 10.3. The standard InChI is InChI=1S/C23H27BrClN3O3S2/c1-22(2,3)31-21(29)27-17-11-10-15(25)18(26-17)19(28-33(30)23(4,5)6)16-12-13-8-7-9-14(24)20(13)32-16/h7-12,19,28H,1-6H3,(H,26,27,29). The molecule has 0 aliphatic rings. The highest BCUT2D eigenvalue weighted by molar-refractivity contribution is 9.10. The number of aromatic nitrogens is 1. The number of nitrogens with one attached hydrogen (secondary N) is 2. The molecule has 0 radical (unpaired) electrons. The Bertz CT molecular complexity index is 1200. The molecule has 0 aliphatic carbocycles. The molecular weight excluding hydrogens is 546 g/mol. The number of benzene rings is 1. The molecule has 1 aromatic carbocycles. The molecule has 0 saturated carbocycles. The SMILES string of the molecule is CC(C)(C)OC(=O)Nc1ccc(Cl)c(C(NS(=O)C(C)(C)C)c2cc3cccc(Br)c3s2)n1. The Morgan fingerprint density at radius 1 is 1.18 bits per heavy atom. The molecule has 0 aliphatic heterocycles. The van der Waals surface area contributed by atoms with Gasteiger partial charge in [-0.05, 0) is 87.1 Å². The van der Waals surface area contributed by atoms with Crippen molar-refractivity contribution >= 4 is 71.9 Å². The molecule has 0 saturated heterocycles. The van der Waals surface area contributed by atoms with Gasteiger partial charge in [0, 0.05) is 14.0 Å². The zero-order valence-electron chi connectivity index (χ0n) is 19.3. The fourth-order valence-electron chi connectivity index (χ4n) is 2.86. The molecule has 1 amide bonds. The van der Waals surface area contributed by atoms with E-state index in [1.165, 1.54) is 0 Å². The van der Waals surface area contributed by atoms with Crippen LogP contribution in [-0.4, -0.2) is 25.6 Å². The first-order chi connectivity index (χ1) is 15.2. The Balaban J connectivity index is 2.05. The van der Waals surface area contributed by atoms with Crippen molar-refractivity contribution < 1.29 is 13.7 Å². The Hall–Kier alpha value is -1.52. The summed E-state index contributed by atoms with van der Waals surface area (Å²) in [6, 6.07) is 10.7. The van der Waals surface area contributed by atoms with Gasteiger partial charge in [0.1, 0.15) is 11.4 Å². The molecule has 3 rings (SSSR count). The second-order valence-electron chi connectivity index (χ2n) is 9.43. The minimum atomic E-state index is -1.40. The molecule has 2 heterocycles. The van der Waals surface area contributed by atoms with Gasteiger partial charge in [0.25, 0.3) is 0 Å². The number of pyridine rings is 1. The maximum Gasteiger partial charge on any atom is 0.413 e. The van der Waals surface area contributed by atoms with Gasteiger partial charge in [-0.25, -0.2) is 18.7 Å². The van der Waals surface area contributed by atoms with Crippen LogP contribution in [0.2, 0.25) is 5.02 Å². The third-order valence-electron chi connectivity index (χ3n) is 4.36. The lowest BCUT2D eigenvalue weighted by Crippen LogP contribution is -2.36.